The second-order valence-electron chi connectivity index (χ2n) is 4.62. The van der Waals surface area contributed by atoms with Crippen LogP contribution in [0.4, 0.5) is 11.4 Å². The van der Waals surface area contributed by atoms with Crippen molar-refractivity contribution in [2.24, 2.45) is 0 Å². The number of pyridine rings is 1. The van der Waals surface area contributed by atoms with E-state index in [-0.39, 0.29) is 5.91 Å². The average Bonchev–Trinajstić information content (AvgIpc) is 2.42. The van der Waals surface area contributed by atoms with Gasteiger partial charge in [0.15, 0.2) is 0 Å². The van der Waals surface area contributed by atoms with Crippen LogP contribution in [0.15, 0.2) is 41.1 Å². The molecule has 1 heterocycles. The molecule has 0 spiro atoms. The monoisotopic (exact) mass is 333 g/mol. The van der Waals surface area contributed by atoms with Crippen molar-refractivity contribution in [3.63, 3.8) is 0 Å². The molecule has 0 radical (unpaired) electrons. The molecule has 1 aromatic carbocycles. The molecular weight excluding hydrogens is 318 g/mol. The van der Waals surface area contributed by atoms with E-state index in [9.17, 15) is 4.79 Å². The zero-order valence-electron chi connectivity index (χ0n) is 11.2. The standard InChI is InChI=1S/C15H16BrN3O/c1-10-8-13(9-18-15(10)16)19-14(20)7-4-11-2-5-12(17)6-3-11/h2-3,5-6,8-9H,4,7,17H2,1H3,(H,19,20). The highest BCUT2D eigenvalue weighted by Crippen LogP contribution is 2.17. The summed E-state index contributed by atoms with van der Waals surface area (Å²) >= 11 is 3.33. The molecule has 0 aliphatic carbocycles. The van der Waals surface area contributed by atoms with Gasteiger partial charge in [-0.15, -0.1) is 0 Å². The zero-order chi connectivity index (χ0) is 14.5. The molecule has 104 valence electrons. The van der Waals surface area contributed by atoms with E-state index in [1.54, 1.807) is 6.20 Å². The van der Waals surface area contributed by atoms with Gasteiger partial charge in [0.25, 0.3) is 0 Å². The van der Waals surface area contributed by atoms with Crippen LogP contribution < -0.4 is 11.1 Å². The number of amides is 1. The van der Waals surface area contributed by atoms with Gasteiger partial charge < -0.3 is 11.1 Å². The van der Waals surface area contributed by atoms with Gasteiger partial charge in [-0.3, -0.25) is 4.79 Å². The van der Waals surface area contributed by atoms with E-state index in [4.69, 9.17) is 5.73 Å². The Balaban J connectivity index is 1.89. The quantitative estimate of drug-likeness (QED) is 0.666. The van der Waals surface area contributed by atoms with Gasteiger partial charge in [-0.1, -0.05) is 12.1 Å². The molecule has 0 atom stereocenters. The Morgan fingerprint density at radius 2 is 2.05 bits per heavy atom. The molecule has 0 unspecified atom stereocenters. The summed E-state index contributed by atoms with van der Waals surface area (Å²) in [5.41, 5.74) is 9.15. The first-order chi connectivity index (χ1) is 9.54. The smallest absolute Gasteiger partial charge is 0.224 e. The van der Waals surface area contributed by atoms with Gasteiger partial charge in [0, 0.05) is 12.1 Å². The highest BCUT2D eigenvalue weighted by atomic mass is 79.9. The lowest BCUT2D eigenvalue weighted by Gasteiger charge is -2.07. The number of nitrogens with zero attached hydrogens (tertiary/aromatic N) is 1. The molecule has 0 bridgehead atoms. The number of anilines is 2. The van der Waals surface area contributed by atoms with E-state index in [1.807, 2.05) is 37.3 Å². The van der Waals surface area contributed by atoms with E-state index in [0.717, 1.165) is 21.4 Å². The summed E-state index contributed by atoms with van der Waals surface area (Å²) in [6, 6.07) is 9.45. The number of nitrogens with one attached hydrogen (secondary N) is 1. The van der Waals surface area contributed by atoms with E-state index >= 15 is 0 Å². The second kappa shape index (κ2) is 6.52. The van der Waals surface area contributed by atoms with Gasteiger partial charge in [0.1, 0.15) is 4.60 Å². The van der Waals surface area contributed by atoms with Gasteiger partial charge in [0.05, 0.1) is 11.9 Å². The van der Waals surface area contributed by atoms with Crippen molar-refractivity contribution < 1.29 is 4.79 Å². The molecule has 1 aromatic heterocycles. The topological polar surface area (TPSA) is 68.0 Å². The number of halogens is 1. The average molecular weight is 334 g/mol. The van der Waals surface area contributed by atoms with Gasteiger partial charge in [0.2, 0.25) is 5.91 Å². The molecule has 1 amide bonds. The number of nitrogens with two attached hydrogens (primary N) is 1. The number of hydrogen-bond acceptors (Lipinski definition) is 3. The van der Waals surface area contributed by atoms with Crippen molar-refractivity contribution >= 4 is 33.2 Å². The molecule has 3 N–H and O–H groups in total. The van der Waals surface area contributed by atoms with E-state index < -0.39 is 0 Å². The third kappa shape index (κ3) is 4.06. The first kappa shape index (κ1) is 14.5. The van der Waals surface area contributed by atoms with E-state index in [1.165, 1.54) is 0 Å². The fraction of sp³-hybridized carbons (Fsp3) is 0.200. The largest absolute Gasteiger partial charge is 0.399 e. The lowest BCUT2D eigenvalue weighted by atomic mass is 10.1. The summed E-state index contributed by atoms with van der Waals surface area (Å²) in [7, 11) is 0. The van der Waals surface area contributed by atoms with Crippen LogP contribution in [-0.4, -0.2) is 10.9 Å². The van der Waals surface area contributed by atoms with Crippen molar-refractivity contribution in [3.05, 3.63) is 52.3 Å². The fourth-order valence-electron chi connectivity index (χ4n) is 1.79. The van der Waals surface area contributed by atoms with E-state index in [0.29, 0.717) is 18.5 Å². The molecule has 5 heteroatoms. The summed E-state index contributed by atoms with van der Waals surface area (Å²) < 4.78 is 0.789. The summed E-state index contributed by atoms with van der Waals surface area (Å²) in [6.45, 7) is 1.93. The Morgan fingerprint density at radius 1 is 1.35 bits per heavy atom. The Bertz CT molecular complexity index is 611. The molecular formula is C15H16BrN3O. The van der Waals surface area contributed by atoms with Crippen LogP contribution in [0.25, 0.3) is 0 Å². The Hall–Kier alpha value is -1.88. The van der Waals surface area contributed by atoms with Crippen LogP contribution in [0.5, 0.6) is 0 Å². The van der Waals surface area contributed by atoms with Gasteiger partial charge in [-0.2, -0.15) is 0 Å². The Morgan fingerprint density at radius 3 is 2.70 bits per heavy atom. The molecule has 4 nitrogen and oxygen atoms in total. The highest BCUT2D eigenvalue weighted by Gasteiger charge is 2.05. The number of benzene rings is 1. The molecule has 0 fully saturated rings. The highest BCUT2D eigenvalue weighted by molar-refractivity contribution is 9.10. The number of nitrogen functional groups attached to an aromatic ring is 1. The SMILES string of the molecule is Cc1cc(NC(=O)CCc2ccc(N)cc2)cnc1Br. The summed E-state index contributed by atoms with van der Waals surface area (Å²) in [5, 5.41) is 2.84. The van der Waals surface area contributed by atoms with Crippen LogP contribution in [0, 0.1) is 6.92 Å². The maximum absolute atomic E-state index is 11.9. The maximum Gasteiger partial charge on any atom is 0.224 e. The lowest BCUT2D eigenvalue weighted by Crippen LogP contribution is -2.12. The van der Waals surface area contributed by atoms with Crippen LogP contribution in [0.1, 0.15) is 17.5 Å². The van der Waals surface area contributed by atoms with Crippen molar-refractivity contribution in [1.82, 2.24) is 4.98 Å². The van der Waals surface area contributed by atoms with E-state index in [2.05, 4.69) is 26.2 Å². The molecule has 0 saturated carbocycles. The van der Waals surface area contributed by atoms with Gasteiger partial charge in [-0.25, -0.2) is 4.98 Å². The molecule has 20 heavy (non-hydrogen) atoms. The first-order valence-electron chi connectivity index (χ1n) is 6.31. The van der Waals surface area contributed by atoms with Crippen LogP contribution >= 0.6 is 15.9 Å². The van der Waals surface area contributed by atoms with Gasteiger partial charge >= 0.3 is 0 Å². The molecule has 0 aliphatic rings. The third-order valence-corrected chi connectivity index (χ3v) is 3.75. The van der Waals surface area contributed by atoms with Crippen molar-refractivity contribution in [2.75, 3.05) is 11.1 Å². The van der Waals surface area contributed by atoms with Crippen LogP contribution in [-0.2, 0) is 11.2 Å². The fourth-order valence-corrected chi connectivity index (χ4v) is 2.01. The number of aromatic nitrogens is 1. The summed E-state index contributed by atoms with van der Waals surface area (Å²) in [4.78, 5) is 16.0. The van der Waals surface area contributed by atoms with Crippen LogP contribution in [0.3, 0.4) is 0 Å². The minimum Gasteiger partial charge on any atom is -0.399 e. The molecule has 0 saturated heterocycles. The van der Waals surface area contributed by atoms with Crippen molar-refractivity contribution in [2.45, 2.75) is 19.8 Å². The minimum absolute atomic E-state index is 0.0228. The Labute approximate surface area is 126 Å². The van der Waals surface area contributed by atoms with Gasteiger partial charge in [-0.05, 0) is 58.6 Å². The molecule has 0 aliphatic heterocycles. The number of hydrogen-bond donors (Lipinski definition) is 2. The van der Waals surface area contributed by atoms with Crippen LogP contribution in [0.2, 0.25) is 0 Å². The second-order valence-corrected chi connectivity index (χ2v) is 5.37. The summed E-state index contributed by atoms with van der Waals surface area (Å²) in [6.07, 6.45) is 2.76. The first-order valence-corrected chi connectivity index (χ1v) is 7.10. The molecule has 2 rings (SSSR count). The van der Waals surface area contributed by atoms with Crippen molar-refractivity contribution in [1.29, 1.82) is 0 Å². The normalized spacial score (nSPS) is 10.3. The number of rotatable bonds is 4. The minimum atomic E-state index is -0.0228. The number of carbonyl (C=O) groups is 1. The third-order valence-electron chi connectivity index (χ3n) is 2.92. The predicted octanol–water partition coefficient (Wildman–Crippen LogP) is 3.31. The Kier molecular flexibility index (Phi) is 4.74. The van der Waals surface area contributed by atoms with Crippen molar-refractivity contribution in [3.8, 4) is 0 Å². The maximum atomic E-state index is 11.9. The predicted molar refractivity (Wildman–Crippen MR) is 84.5 cm³/mol. The number of carbonyl (C=O) groups excluding carboxylic acids is 1. The zero-order valence-corrected chi connectivity index (χ0v) is 12.8. The molecule has 2 aromatic rings. The summed E-state index contributed by atoms with van der Waals surface area (Å²) in [5.74, 6) is -0.0228. The lowest BCUT2D eigenvalue weighted by molar-refractivity contribution is -0.116. The number of aryl methyl sites for hydroxylation is 2.